The average molecular weight is 326 g/mol. The number of nitrogens with one attached hydrogen (secondary N) is 2. The van der Waals surface area contributed by atoms with E-state index in [9.17, 15) is 14.0 Å². The Morgan fingerprint density at radius 1 is 1.22 bits per heavy atom. The van der Waals surface area contributed by atoms with Crippen LogP contribution in [0.15, 0.2) is 30.0 Å². The molecular weight excluding hydrogens is 307 g/mol. The molecule has 8 heteroatoms. The minimum atomic E-state index is -0.789. The Hall–Kier alpha value is -2.61. The lowest BCUT2D eigenvalue weighted by molar-refractivity contribution is -0.138. The molecule has 1 aromatic rings. The molecule has 1 aromatic carbocycles. The van der Waals surface area contributed by atoms with Gasteiger partial charge in [0, 0.05) is 13.7 Å². The quantitative estimate of drug-likeness (QED) is 0.425. The summed E-state index contributed by atoms with van der Waals surface area (Å²) in [5.74, 6) is -2.06. The molecule has 0 fully saturated rings. The van der Waals surface area contributed by atoms with Gasteiger partial charge in [0.05, 0.1) is 38.3 Å². The number of anilines is 2. The summed E-state index contributed by atoms with van der Waals surface area (Å²) in [5, 5.41) is 5.53. The van der Waals surface area contributed by atoms with Crippen molar-refractivity contribution in [2.24, 2.45) is 0 Å². The maximum Gasteiger partial charge on any atom is 0.354 e. The summed E-state index contributed by atoms with van der Waals surface area (Å²) in [6, 6.07) is 4.28. The van der Waals surface area contributed by atoms with E-state index in [0.717, 1.165) is 6.08 Å². The molecule has 126 valence electrons. The SMILES string of the molecule is COCCNc1c(F)cccc1N/C(=C/C(=O)OC)C(=O)OC. The van der Waals surface area contributed by atoms with Gasteiger partial charge >= 0.3 is 11.9 Å². The highest BCUT2D eigenvalue weighted by Crippen LogP contribution is 2.26. The molecule has 1 rings (SSSR count). The molecule has 23 heavy (non-hydrogen) atoms. The zero-order valence-electron chi connectivity index (χ0n) is 13.1. The number of hydrogen-bond donors (Lipinski definition) is 2. The van der Waals surface area contributed by atoms with E-state index in [0.29, 0.717) is 13.2 Å². The summed E-state index contributed by atoms with van der Waals surface area (Å²) >= 11 is 0. The van der Waals surface area contributed by atoms with Gasteiger partial charge in [0.15, 0.2) is 0 Å². The molecule has 0 spiro atoms. The first-order valence-corrected chi connectivity index (χ1v) is 6.69. The number of para-hydroxylation sites is 1. The van der Waals surface area contributed by atoms with E-state index in [2.05, 4.69) is 20.1 Å². The van der Waals surface area contributed by atoms with Crippen molar-refractivity contribution in [2.75, 3.05) is 45.1 Å². The summed E-state index contributed by atoms with van der Waals surface area (Å²) in [7, 11) is 3.86. The molecule has 0 saturated carbocycles. The standard InChI is InChI=1S/C15H19FN2O5/c1-21-8-7-17-14-10(16)5-4-6-11(14)18-12(15(20)23-3)9-13(19)22-2/h4-6,9,17-18H,7-8H2,1-3H3/b12-9+. The highest BCUT2D eigenvalue weighted by Gasteiger charge is 2.16. The fraction of sp³-hybridized carbons (Fsp3) is 0.333. The van der Waals surface area contributed by atoms with Crippen molar-refractivity contribution in [3.8, 4) is 0 Å². The Bertz CT molecular complexity index is 589. The van der Waals surface area contributed by atoms with Crippen LogP contribution in [0.25, 0.3) is 0 Å². The zero-order chi connectivity index (χ0) is 17.2. The maximum atomic E-state index is 14.0. The Kier molecular flexibility index (Phi) is 7.55. The number of carbonyl (C=O) groups is 2. The smallest absolute Gasteiger partial charge is 0.354 e. The van der Waals surface area contributed by atoms with Gasteiger partial charge in [0.25, 0.3) is 0 Å². The molecule has 0 radical (unpaired) electrons. The molecule has 2 N–H and O–H groups in total. The highest BCUT2D eigenvalue weighted by molar-refractivity contribution is 5.99. The first kappa shape index (κ1) is 18.4. The molecule has 0 aliphatic carbocycles. The van der Waals surface area contributed by atoms with Crippen LogP contribution in [0, 0.1) is 5.82 Å². The second-order valence-corrected chi connectivity index (χ2v) is 4.28. The molecule has 0 aliphatic rings. The summed E-state index contributed by atoms with van der Waals surface area (Å²) < 4.78 is 27.9. The lowest BCUT2D eigenvalue weighted by Gasteiger charge is -2.15. The predicted octanol–water partition coefficient (Wildman–Crippen LogP) is 1.53. The lowest BCUT2D eigenvalue weighted by atomic mass is 10.2. The Labute approximate surface area is 133 Å². The molecular formula is C15H19FN2O5. The number of esters is 2. The lowest BCUT2D eigenvalue weighted by Crippen LogP contribution is -2.17. The average Bonchev–Trinajstić information content (AvgIpc) is 2.55. The number of ether oxygens (including phenoxy) is 3. The second kappa shape index (κ2) is 9.42. The number of carbonyl (C=O) groups excluding carboxylic acids is 2. The van der Waals surface area contributed by atoms with Crippen molar-refractivity contribution < 1.29 is 28.2 Å². The van der Waals surface area contributed by atoms with Crippen LogP contribution in [0.5, 0.6) is 0 Å². The van der Waals surface area contributed by atoms with Crippen LogP contribution in [-0.2, 0) is 23.8 Å². The fourth-order valence-corrected chi connectivity index (χ4v) is 1.66. The number of benzene rings is 1. The van der Waals surface area contributed by atoms with Crippen LogP contribution in [0.1, 0.15) is 0 Å². The fourth-order valence-electron chi connectivity index (χ4n) is 1.66. The zero-order valence-corrected chi connectivity index (χ0v) is 13.1. The second-order valence-electron chi connectivity index (χ2n) is 4.28. The Morgan fingerprint density at radius 2 is 1.96 bits per heavy atom. The van der Waals surface area contributed by atoms with E-state index >= 15 is 0 Å². The third kappa shape index (κ3) is 5.59. The summed E-state index contributed by atoms with van der Waals surface area (Å²) in [5.41, 5.74) is 0.227. The minimum absolute atomic E-state index is 0.143. The van der Waals surface area contributed by atoms with Gasteiger partial charge in [0.2, 0.25) is 0 Å². The number of hydrogen-bond acceptors (Lipinski definition) is 7. The van der Waals surface area contributed by atoms with Gasteiger partial charge in [-0.2, -0.15) is 0 Å². The number of rotatable bonds is 8. The van der Waals surface area contributed by atoms with Gasteiger partial charge in [-0.05, 0) is 12.1 Å². The third-order valence-corrected chi connectivity index (χ3v) is 2.76. The molecule has 0 heterocycles. The first-order valence-electron chi connectivity index (χ1n) is 6.69. The first-order chi connectivity index (χ1) is 11.0. The van der Waals surface area contributed by atoms with E-state index in [1.54, 1.807) is 6.07 Å². The highest BCUT2D eigenvalue weighted by atomic mass is 19.1. The Balaban J connectivity index is 3.08. The monoisotopic (exact) mass is 326 g/mol. The molecule has 0 atom stereocenters. The summed E-state index contributed by atoms with van der Waals surface area (Å²) in [4.78, 5) is 23.1. The van der Waals surface area contributed by atoms with Crippen LogP contribution >= 0.6 is 0 Å². The van der Waals surface area contributed by atoms with Crippen molar-refractivity contribution in [3.05, 3.63) is 35.8 Å². The van der Waals surface area contributed by atoms with Gasteiger partial charge in [-0.15, -0.1) is 0 Å². The third-order valence-electron chi connectivity index (χ3n) is 2.76. The molecule has 7 nitrogen and oxygen atoms in total. The van der Waals surface area contributed by atoms with Crippen molar-refractivity contribution >= 4 is 23.3 Å². The van der Waals surface area contributed by atoms with Crippen LogP contribution in [0.2, 0.25) is 0 Å². The number of methoxy groups -OCH3 is 3. The molecule has 0 amide bonds. The van der Waals surface area contributed by atoms with E-state index in [1.165, 1.54) is 33.5 Å². The van der Waals surface area contributed by atoms with Crippen molar-refractivity contribution in [1.29, 1.82) is 0 Å². The van der Waals surface area contributed by atoms with E-state index in [-0.39, 0.29) is 17.1 Å². The van der Waals surface area contributed by atoms with Crippen LogP contribution in [0.4, 0.5) is 15.8 Å². The largest absolute Gasteiger partial charge is 0.466 e. The van der Waals surface area contributed by atoms with Gasteiger partial charge in [0.1, 0.15) is 11.5 Å². The van der Waals surface area contributed by atoms with Crippen molar-refractivity contribution in [3.63, 3.8) is 0 Å². The molecule has 0 unspecified atom stereocenters. The summed E-state index contributed by atoms with van der Waals surface area (Å²) in [6.45, 7) is 0.732. The van der Waals surface area contributed by atoms with Gasteiger partial charge in [-0.3, -0.25) is 0 Å². The molecule has 0 aliphatic heterocycles. The molecule has 0 bridgehead atoms. The van der Waals surface area contributed by atoms with Gasteiger partial charge < -0.3 is 24.8 Å². The molecule has 0 aromatic heterocycles. The maximum absolute atomic E-state index is 14.0. The van der Waals surface area contributed by atoms with Crippen LogP contribution in [-0.4, -0.2) is 46.4 Å². The Morgan fingerprint density at radius 3 is 2.57 bits per heavy atom. The van der Waals surface area contributed by atoms with E-state index in [1.807, 2.05) is 0 Å². The van der Waals surface area contributed by atoms with E-state index < -0.39 is 17.8 Å². The number of halogens is 1. The predicted molar refractivity (Wildman–Crippen MR) is 82.5 cm³/mol. The van der Waals surface area contributed by atoms with Crippen LogP contribution in [0.3, 0.4) is 0 Å². The van der Waals surface area contributed by atoms with Gasteiger partial charge in [-0.25, -0.2) is 14.0 Å². The topological polar surface area (TPSA) is 85.9 Å². The van der Waals surface area contributed by atoms with Crippen molar-refractivity contribution in [1.82, 2.24) is 0 Å². The van der Waals surface area contributed by atoms with E-state index in [4.69, 9.17) is 4.74 Å². The summed E-state index contributed by atoms with van der Waals surface area (Å²) in [6.07, 6.45) is 0.926. The van der Waals surface area contributed by atoms with Crippen molar-refractivity contribution in [2.45, 2.75) is 0 Å². The molecule has 0 saturated heterocycles. The van der Waals surface area contributed by atoms with Gasteiger partial charge in [-0.1, -0.05) is 6.07 Å². The normalized spacial score (nSPS) is 10.9. The minimum Gasteiger partial charge on any atom is -0.466 e. The van der Waals surface area contributed by atoms with Crippen LogP contribution < -0.4 is 10.6 Å².